The van der Waals surface area contributed by atoms with Gasteiger partial charge >= 0.3 is 0 Å². The number of hydrogen-bond acceptors (Lipinski definition) is 3. The fraction of sp³-hybridized carbons (Fsp3) is 0.824. The minimum Gasteiger partial charge on any atom is -0.326 e. The van der Waals surface area contributed by atoms with Crippen LogP contribution in [0.25, 0.3) is 0 Å². The van der Waals surface area contributed by atoms with Gasteiger partial charge in [-0.25, -0.2) is 0 Å². The topological polar surface area (TPSA) is 47.1 Å². The highest BCUT2D eigenvalue weighted by Gasteiger charge is 2.42. The highest BCUT2D eigenvalue weighted by Crippen LogP contribution is 2.38. The smallest absolute Gasteiger partial charge is 0.0596 e. The molecular weight excluding hydrogens is 260 g/mol. The van der Waals surface area contributed by atoms with Crippen molar-refractivity contribution >= 4 is 0 Å². The lowest BCUT2D eigenvalue weighted by molar-refractivity contribution is 0.0498. The summed E-state index contributed by atoms with van der Waals surface area (Å²) in [5, 5.41) is 4.56. The molecule has 21 heavy (non-hydrogen) atoms. The Bertz CT molecular complexity index is 465. The average molecular weight is 292 g/mol. The molecule has 0 aliphatic heterocycles. The molecule has 120 valence electrons. The summed E-state index contributed by atoms with van der Waals surface area (Å²) < 4.78 is 2.10. The number of likely N-dealkylation sites (N-methyl/N-ethyl adjacent to an activating group) is 1. The molecule has 1 saturated carbocycles. The Kier molecular flexibility index (Phi) is 5.10. The first-order valence-corrected chi connectivity index (χ1v) is 8.35. The quantitative estimate of drug-likeness (QED) is 0.907. The van der Waals surface area contributed by atoms with Crippen LogP contribution in [0.1, 0.15) is 50.9 Å². The number of aromatic nitrogens is 2. The van der Waals surface area contributed by atoms with Crippen LogP contribution in [0.2, 0.25) is 0 Å². The summed E-state index contributed by atoms with van der Waals surface area (Å²) >= 11 is 0. The van der Waals surface area contributed by atoms with E-state index in [0.717, 1.165) is 24.6 Å². The van der Waals surface area contributed by atoms with E-state index < -0.39 is 0 Å². The molecule has 3 atom stereocenters. The fourth-order valence-corrected chi connectivity index (χ4v) is 4.09. The van der Waals surface area contributed by atoms with Gasteiger partial charge in [0, 0.05) is 30.2 Å². The molecule has 1 aromatic rings. The Balaban J connectivity index is 2.20. The van der Waals surface area contributed by atoms with Gasteiger partial charge in [-0.05, 0) is 52.8 Å². The maximum Gasteiger partial charge on any atom is 0.0596 e. The molecular formula is C17H32N4. The molecule has 1 aromatic heterocycles. The van der Waals surface area contributed by atoms with E-state index in [9.17, 15) is 0 Å². The third kappa shape index (κ3) is 3.32. The van der Waals surface area contributed by atoms with Crippen LogP contribution < -0.4 is 5.73 Å². The molecule has 0 aromatic carbocycles. The van der Waals surface area contributed by atoms with Gasteiger partial charge in [-0.3, -0.25) is 4.68 Å². The molecule has 0 radical (unpaired) electrons. The minimum atomic E-state index is 0.133. The van der Waals surface area contributed by atoms with E-state index in [0.29, 0.717) is 0 Å². The van der Waals surface area contributed by atoms with E-state index in [1.807, 2.05) is 0 Å². The first-order valence-electron chi connectivity index (χ1n) is 8.35. The second kappa shape index (κ2) is 6.49. The molecule has 0 saturated heterocycles. The lowest BCUT2D eigenvalue weighted by Gasteiger charge is -2.49. The summed E-state index contributed by atoms with van der Waals surface area (Å²) in [7, 11) is 4.39. The third-order valence-corrected chi connectivity index (χ3v) is 5.30. The molecule has 1 fully saturated rings. The number of hydrogen-bond donors (Lipinski definition) is 1. The van der Waals surface area contributed by atoms with Crippen LogP contribution >= 0.6 is 0 Å². The second-order valence-electron chi connectivity index (χ2n) is 7.10. The summed E-state index contributed by atoms with van der Waals surface area (Å²) in [6, 6.07) is 2.36. The number of aryl methyl sites for hydroxylation is 2. The lowest BCUT2D eigenvalue weighted by atomic mass is 9.70. The number of nitrogens with zero attached hydrogens (tertiary/aromatic N) is 3. The summed E-state index contributed by atoms with van der Waals surface area (Å²) in [5.74, 6) is 0.769. The van der Waals surface area contributed by atoms with Crippen LogP contribution in [0, 0.1) is 12.8 Å². The van der Waals surface area contributed by atoms with E-state index in [-0.39, 0.29) is 11.6 Å². The van der Waals surface area contributed by atoms with Crippen molar-refractivity contribution in [3.63, 3.8) is 0 Å². The Labute approximate surface area is 129 Å². The zero-order valence-corrected chi connectivity index (χ0v) is 14.4. The SMILES string of the molecule is CCn1nc(C)cc1CC(N)C1(N(C)C)CCCC(C)C1. The lowest BCUT2D eigenvalue weighted by Crippen LogP contribution is -2.60. The summed E-state index contributed by atoms with van der Waals surface area (Å²) in [5.41, 5.74) is 9.23. The van der Waals surface area contributed by atoms with Gasteiger partial charge in [-0.15, -0.1) is 0 Å². The van der Waals surface area contributed by atoms with Gasteiger partial charge in [0.05, 0.1) is 5.69 Å². The summed E-state index contributed by atoms with van der Waals surface area (Å²) in [6.45, 7) is 7.49. The predicted octanol–water partition coefficient (Wildman–Crippen LogP) is 2.59. The van der Waals surface area contributed by atoms with E-state index in [2.05, 4.69) is 55.6 Å². The molecule has 3 unspecified atom stereocenters. The molecule has 1 heterocycles. The largest absolute Gasteiger partial charge is 0.326 e. The Morgan fingerprint density at radius 3 is 2.81 bits per heavy atom. The number of rotatable bonds is 5. The molecule has 0 spiro atoms. The van der Waals surface area contributed by atoms with Crippen LogP contribution in [0.15, 0.2) is 6.07 Å². The van der Waals surface area contributed by atoms with Gasteiger partial charge in [0.25, 0.3) is 0 Å². The maximum atomic E-state index is 6.73. The van der Waals surface area contributed by atoms with Gasteiger partial charge in [-0.1, -0.05) is 19.8 Å². The van der Waals surface area contributed by atoms with Crippen LogP contribution in [-0.2, 0) is 13.0 Å². The minimum absolute atomic E-state index is 0.133. The van der Waals surface area contributed by atoms with Crippen molar-refractivity contribution in [1.29, 1.82) is 0 Å². The molecule has 1 aliphatic rings. The average Bonchev–Trinajstić information content (AvgIpc) is 2.78. The van der Waals surface area contributed by atoms with Gasteiger partial charge in [0.2, 0.25) is 0 Å². The summed E-state index contributed by atoms with van der Waals surface area (Å²) in [4.78, 5) is 2.38. The van der Waals surface area contributed by atoms with E-state index in [1.54, 1.807) is 0 Å². The maximum absolute atomic E-state index is 6.73. The summed E-state index contributed by atoms with van der Waals surface area (Å²) in [6.07, 6.45) is 5.97. The Morgan fingerprint density at radius 1 is 1.52 bits per heavy atom. The highest BCUT2D eigenvalue weighted by atomic mass is 15.3. The molecule has 4 heteroatoms. The van der Waals surface area contributed by atoms with Crippen molar-refractivity contribution < 1.29 is 0 Å². The Hall–Kier alpha value is -0.870. The zero-order valence-electron chi connectivity index (χ0n) is 14.4. The van der Waals surface area contributed by atoms with Crippen LogP contribution in [0.3, 0.4) is 0 Å². The van der Waals surface area contributed by atoms with Crippen molar-refractivity contribution in [2.45, 2.75) is 71.0 Å². The number of nitrogens with two attached hydrogens (primary N) is 1. The van der Waals surface area contributed by atoms with Crippen molar-refractivity contribution in [3.8, 4) is 0 Å². The second-order valence-corrected chi connectivity index (χ2v) is 7.10. The van der Waals surface area contributed by atoms with Gasteiger partial charge in [0.15, 0.2) is 0 Å². The van der Waals surface area contributed by atoms with Crippen molar-refractivity contribution in [1.82, 2.24) is 14.7 Å². The predicted molar refractivity (Wildman–Crippen MR) is 88.4 cm³/mol. The monoisotopic (exact) mass is 292 g/mol. The molecule has 4 nitrogen and oxygen atoms in total. The highest BCUT2D eigenvalue weighted by molar-refractivity contribution is 5.13. The fourth-order valence-electron chi connectivity index (χ4n) is 4.09. The van der Waals surface area contributed by atoms with Crippen LogP contribution in [-0.4, -0.2) is 40.4 Å². The first-order chi connectivity index (χ1) is 9.89. The van der Waals surface area contributed by atoms with Gasteiger partial charge in [0.1, 0.15) is 0 Å². The zero-order chi connectivity index (χ0) is 15.6. The molecule has 0 amide bonds. The van der Waals surface area contributed by atoms with Crippen molar-refractivity contribution in [2.75, 3.05) is 14.1 Å². The van der Waals surface area contributed by atoms with Crippen molar-refractivity contribution in [3.05, 3.63) is 17.5 Å². The first kappa shape index (κ1) is 16.5. The van der Waals surface area contributed by atoms with E-state index in [1.165, 1.54) is 31.4 Å². The normalized spacial score (nSPS) is 28.0. The standard InChI is InChI=1S/C17H32N4/c1-6-21-15(10-14(3)19-21)11-16(18)17(20(4)5)9-7-8-13(2)12-17/h10,13,16H,6-9,11-12,18H2,1-5H3. The van der Waals surface area contributed by atoms with Crippen molar-refractivity contribution in [2.24, 2.45) is 11.7 Å². The molecule has 2 N–H and O–H groups in total. The van der Waals surface area contributed by atoms with Crippen LogP contribution in [0.4, 0.5) is 0 Å². The molecule has 0 bridgehead atoms. The van der Waals surface area contributed by atoms with E-state index >= 15 is 0 Å². The Morgan fingerprint density at radius 2 is 2.24 bits per heavy atom. The molecule has 2 rings (SSSR count). The van der Waals surface area contributed by atoms with Crippen LogP contribution in [0.5, 0.6) is 0 Å². The third-order valence-electron chi connectivity index (χ3n) is 5.30. The van der Waals surface area contributed by atoms with Gasteiger partial charge in [-0.2, -0.15) is 5.10 Å². The van der Waals surface area contributed by atoms with Gasteiger partial charge < -0.3 is 10.6 Å². The molecule has 1 aliphatic carbocycles. The van der Waals surface area contributed by atoms with E-state index in [4.69, 9.17) is 5.73 Å².